The van der Waals surface area contributed by atoms with Crippen molar-refractivity contribution in [2.24, 2.45) is 11.8 Å². The SMILES string of the molecule is CC(C)CNCC1CCCN(CC2CNC(=O)O2)C1. The van der Waals surface area contributed by atoms with Crippen molar-refractivity contribution < 1.29 is 9.53 Å². The van der Waals surface area contributed by atoms with Crippen molar-refractivity contribution in [3.8, 4) is 0 Å². The van der Waals surface area contributed by atoms with Gasteiger partial charge in [0, 0.05) is 13.1 Å². The molecule has 0 radical (unpaired) electrons. The highest BCUT2D eigenvalue weighted by Crippen LogP contribution is 2.17. The van der Waals surface area contributed by atoms with Crippen LogP contribution in [0.3, 0.4) is 0 Å². The lowest BCUT2D eigenvalue weighted by molar-refractivity contribution is 0.0871. The number of likely N-dealkylation sites (tertiary alicyclic amines) is 1. The van der Waals surface area contributed by atoms with E-state index in [2.05, 4.69) is 29.4 Å². The van der Waals surface area contributed by atoms with Gasteiger partial charge in [-0.15, -0.1) is 0 Å². The molecule has 5 heteroatoms. The number of carbonyl (C=O) groups excluding carboxylic acids is 1. The van der Waals surface area contributed by atoms with Gasteiger partial charge in [-0.1, -0.05) is 13.8 Å². The summed E-state index contributed by atoms with van der Waals surface area (Å²) in [6.07, 6.45) is 2.33. The fraction of sp³-hybridized carbons (Fsp3) is 0.929. The largest absolute Gasteiger partial charge is 0.443 e. The normalized spacial score (nSPS) is 28.5. The van der Waals surface area contributed by atoms with Crippen molar-refractivity contribution >= 4 is 6.09 Å². The van der Waals surface area contributed by atoms with Crippen molar-refractivity contribution in [3.05, 3.63) is 0 Å². The van der Waals surface area contributed by atoms with E-state index in [1.165, 1.54) is 12.8 Å². The minimum atomic E-state index is -0.267. The summed E-state index contributed by atoms with van der Waals surface area (Å²) in [6.45, 7) is 10.5. The first-order valence-corrected chi connectivity index (χ1v) is 7.51. The molecule has 2 aliphatic rings. The van der Waals surface area contributed by atoms with Gasteiger partial charge in [0.15, 0.2) is 0 Å². The van der Waals surface area contributed by atoms with E-state index in [0.717, 1.165) is 38.6 Å². The average Bonchev–Trinajstić information content (AvgIpc) is 2.75. The van der Waals surface area contributed by atoms with E-state index in [0.29, 0.717) is 12.5 Å². The fourth-order valence-electron chi connectivity index (χ4n) is 2.88. The molecule has 0 saturated carbocycles. The predicted octanol–water partition coefficient (Wildman–Crippen LogP) is 1.05. The first kappa shape index (κ1) is 14.6. The molecule has 19 heavy (non-hydrogen) atoms. The molecule has 2 saturated heterocycles. The van der Waals surface area contributed by atoms with Gasteiger partial charge in [0.05, 0.1) is 6.54 Å². The van der Waals surface area contributed by atoms with Crippen molar-refractivity contribution in [1.82, 2.24) is 15.5 Å². The topological polar surface area (TPSA) is 53.6 Å². The Balaban J connectivity index is 1.66. The molecule has 0 bridgehead atoms. The molecule has 0 aliphatic carbocycles. The highest BCUT2D eigenvalue weighted by molar-refractivity contribution is 5.69. The quantitative estimate of drug-likeness (QED) is 0.757. The van der Waals surface area contributed by atoms with Crippen LogP contribution in [0.1, 0.15) is 26.7 Å². The van der Waals surface area contributed by atoms with Crippen LogP contribution in [-0.4, -0.2) is 56.4 Å². The van der Waals surface area contributed by atoms with Gasteiger partial charge in [-0.05, 0) is 44.3 Å². The summed E-state index contributed by atoms with van der Waals surface area (Å²) >= 11 is 0. The molecule has 2 rings (SSSR count). The van der Waals surface area contributed by atoms with Crippen LogP contribution in [0, 0.1) is 11.8 Å². The second-order valence-electron chi connectivity index (χ2n) is 6.23. The van der Waals surface area contributed by atoms with Crippen LogP contribution in [0.15, 0.2) is 0 Å². The number of nitrogens with zero attached hydrogens (tertiary/aromatic N) is 1. The van der Waals surface area contributed by atoms with Crippen LogP contribution >= 0.6 is 0 Å². The highest BCUT2D eigenvalue weighted by atomic mass is 16.6. The Bertz CT molecular complexity index is 296. The molecular formula is C14H27N3O2. The Morgan fingerprint density at radius 3 is 3.05 bits per heavy atom. The molecule has 2 heterocycles. The van der Waals surface area contributed by atoms with Gasteiger partial charge in [0.2, 0.25) is 0 Å². The minimum Gasteiger partial charge on any atom is -0.443 e. The van der Waals surface area contributed by atoms with Crippen molar-refractivity contribution in [3.63, 3.8) is 0 Å². The maximum atomic E-state index is 11.0. The number of rotatable bonds is 6. The Hall–Kier alpha value is -0.810. The van der Waals surface area contributed by atoms with E-state index in [9.17, 15) is 4.79 Å². The second-order valence-corrected chi connectivity index (χ2v) is 6.23. The van der Waals surface area contributed by atoms with E-state index >= 15 is 0 Å². The van der Waals surface area contributed by atoms with Crippen LogP contribution in [0.5, 0.6) is 0 Å². The third-order valence-corrected chi connectivity index (χ3v) is 3.80. The molecule has 0 spiro atoms. The molecule has 2 atom stereocenters. The molecule has 2 aliphatic heterocycles. The standard InChI is InChI=1S/C14H27N3O2/c1-11(2)6-15-7-12-4-3-5-17(9-12)10-13-8-16-14(18)19-13/h11-13,15H,3-10H2,1-2H3,(H,16,18). The molecule has 0 aromatic rings. The lowest BCUT2D eigenvalue weighted by Gasteiger charge is -2.33. The summed E-state index contributed by atoms with van der Waals surface area (Å²) in [6, 6.07) is 0. The van der Waals surface area contributed by atoms with E-state index in [1.807, 2.05) is 0 Å². The Labute approximate surface area is 116 Å². The van der Waals surface area contributed by atoms with Gasteiger partial charge in [0.1, 0.15) is 6.10 Å². The van der Waals surface area contributed by atoms with Crippen LogP contribution in [0.2, 0.25) is 0 Å². The number of carbonyl (C=O) groups is 1. The number of hydrogen-bond donors (Lipinski definition) is 2. The Morgan fingerprint density at radius 2 is 2.37 bits per heavy atom. The maximum Gasteiger partial charge on any atom is 0.407 e. The second kappa shape index (κ2) is 7.10. The monoisotopic (exact) mass is 269 g/mol. The predicted molar refractivity (Wildman–Crippen MR) is 75.1 cm³/mol. The lowest BCUT2D eigenvalue weighted by Crippen LogP contribution is -2.43. The van der Waals surface area contributed by atoms with Crippen LogP contribution in [0.4, 0.5) is 4.79 Å². The van der Waals surface area contributed by atoms with Crippen LogP contribution in [-0.2, 0) is 4.74 Å². The molecule has 2 fully saturated rings. The first-order chi connectivity index (χ1) is 9.13. The third-order valence-electron chi connectivity index (χ3n) is 3.80. The number of nitrogens with one attached hydrogen (secondary N) is 2. The van der Waals surface area contributed by atoms with E-state index in [-0.39, 0.29) is 12.2 Å². The summed E-state index contributed by atoms with van der Waals surface area (Å²) in [4.78, 5) is 13.4. The number of alkyl carbamates (subject to hydrolysis) is 1. The number of ether oxygens (including phenoxy) is 1. The number of piperidine rings is 1. The van der Waals surface area contributed by atoms with E-state index in [4.69, 9.17) is 4.74 Å². The highest BCUT2D eigenvalue weighted by Gasteiger charge is 2.27. The van der Waals surface area contributed by atoms with Crippen molar-refractivity contribution in [1.29, 1.82) is 0 Å². The summed E-state index contributed by atoms with van der Waals surface area (Å²) in [5.74, 6) is 1.45. The fourth-order valence-corrected chi connectivity index (χ4v) is 2.88. The Morgan fingerprint density at radius 1 is 1.53 bits per heavy atom. The molecule has 110 valence electrons. The van der Waals surface area contributed by atoms with Gasteiger partial charge in [-0.25, -0.2) is 4.79 Å². The maximum absolute atomic E-state index is 11.0. The summed E-state index contributed by atoms with van der Waals surface area (Å²) in [5.41, 5.74) is 0. The Kier molecular flexibility index (Phi) is 5.45. The number of hydrogen-bond acceptors (Lipinski definition) is 4. The van der Waals surface area contributed by atoms with Crippen molar-refractivity contribution in [2.75, 3.05) is 39.3 Å². The average molecular weight is 269 g/mol. The summed E-state index contributed by atoms with van der Waals surface area (Å²) in [5, 5.41) is 6.27. The van der Waals surface area contributed by atoms with Crippen LogP contribution in [0.25, 0.3) is 0 Å². The molecule has 2 unspecified atom stereocenters. The first-order valence-electron chi connectivity index (χ1n) is 7.51. The molecular weight excluding hydrogens is 242 g/mol. The smallest absolute Gasteiger partial charge is 0.407 e. The van der Waals surface area contributed by atoms with E-state index in [1.54, 1.807) is 0 Å². The zero-order valence-corrected chi connectivity index (χ0v) is 12.2. The minimum absolute atomic E-state index is 0.0369. The van der Waals surface area contributed by atoms with Gasteiger partial charge >= 0.3 is 6.09 Å². The zero-order valence-electron chi connectivity index (χ0n) is 12.2. The summed E-state index contributed by atoms with van der Waals surface area (Å²) < 4.78 is 5.20. The lowest BCUT2D eigenvalue weighted by atomic mass is 9.97. The van der Waals surface area contributed by atoms with Gasteiger partial charge in [-0.2, -0.15) is 0 Å². The van der Waals surface area contributed by atoms with E-state index < -0.39 is 0 Å². The van der Waals surface area contributed by atoms with Gasteiger partial charge in [-0.3, -0.25) is 4.90 Å². The number of cyclic esters (lactones) is 1. The third kappa shape index (κ3) is 4.99. The summed E-state index contributed by atoms with van der Waals surface area (Å²) in [7, 11) is 0. The van der Waals surface area contributed by atoms with Crippen molar-refractivity contribution in [2.45, 2.75) is 32.8 Å². The molecule has 0 aromatic carbocycles. The van der Waals surface area contributed by atoms with Gasteiger partial charge in [0.25, 0.3) is 0 Å². The number of amides is 1. The molecule has 5 nitrogen and oxygen atoms in total. The molecule has 0 aromatic heterocycles. The molecule has 1 amide bonds. The zero-order chi connectivity index (χ0) is 13.7. The van der Waals surface area contributed by atoms with Crippen LogP contribution < -0.4 is 10.6 Å². The van der Waals surface area contributed by atoms with Gasteiger partial charge < -0.3 is 15.4 Å². The molecule has 2 N–H and O–H groups in total.